The van der Waals surface area contributed by atoms with Gasteiger partial charge < -0.3 is 11.1 Å². The Morgan fingerprint density at radius 2 is 2.22 bits per heavy atom. The Morgan fingerprint density at radius 3 is 2.89 bits per heavy atom. The maximum Gasteiger partial charge on any atom is 0.237 e. The van der Waals surface area contributed by atoms with E-state index in [0.29, 0.717) is 5.56 Å². The van der Waals surface area contributed by atoms with E-state index < -0.39 is 5.54 Å². The quantitative estimate of drug-likeness (QED) is 0.797. The van der Waals surface area contributed by atoms with Crippen molar-refractivity contribution in [1.82, 2.24) is 0 Å². The first-order chi connectivity index (χ1) is 8.49. The smallest absolute Gasteiger partial charge is 0.237 e. The van der Waals surface area contributed by atoms with E-state index in [4.69, 9.17) is 5.73 Å². The molecule has 1 amide bonds. The lowest BCUT2D eigenvalue weighted by Crippen LogP contribution is -2.33. The number of thioether (sulfide) groups is 1. The minimum atomic E-state index is -0.659. The fourth-order valence-corrected chi connectivity index (χ4v) is 2.93. The van der Waals surface area contributed by atoms with Gasteiger partial charge >= 0.3 is 0 Å². The summed E-state index contributed by atoms with van der Waals surface area (Å²) in [4.78, 5) is 24.7. The Bertz CT molecular complexity index is 552. The van der Waals surface area contributed by atoms with Crippen LogP contribution in [0.4, 0.5) is 5.69 Å². The van der Waals surface area contributed by atoms with Crippen LogP contribution in [0.5, 0.6) is 0 Å². The van der Waals surface area contributed by atoms with Gasteiger partial charge in [0.25, 0.3) is 0 Å². The van der Waals surface area contributed by atoms with Crippen LogP contribution in [0.15, 0.2) is 23.1 Å². The highest BCUT2D eigenvalue weighted by Gasteiger charge is 2.46. The first-order valence-corrected chi connectivity index (χ1v) is 6.83. The summed E-state index contributed by atoms with van der Waals surface area (Å²) < 4.78 is 0. The van der Waals surface area contributed by atoms with Gasteiger partial charge in [0.1, 0.15) is 0 Å². The third kappa shape index (κ3) is 1.83. The van der Waals surface area contributed by atoms with Crippen molar-refractivity contribution < 1.29 is 9.59 Å². The maximum atomic E-state index is 12.1. The number of Topliss-reactive ketones (excluding diaryl/α,β-unsaturated/α-hetero) is 1. The van der Waals surface area contributed by atoms with Crippen LogP contribution in [0.2, 0.25) is 0 Å². The lowest BCUT2D eigenvalue weighted by molar-refractivity contribution is -0.115. The summed E-state index contributed by atoms with van der Waals surface area (Å²) in [6.07, 6.45) is 1.50. The van der Waals surface area contributed by atoms with E-state index >= 15 is 0 Å². The van der Waals surface area contributed by atoms with Crippen LogP contribution in [0.25, 0.3) is 0 Å². The molecule has 5 heteroatoms. The number of carbonyl (C=O) groups excluding carboxylic acids is 2. The molecule has 3 rings (SSSR count). The van der Waals surface area contributed by atoms with E-state index in [2.05, 4.69) is 5.32 Å². The second-order valence-electron chi connectivity index (χ2n) is 4.95. The van der Waals surface area contributed by atoms with Crippen LogP contribution in [0.3, 0.4) is 0 Å². The zero-order chi connectivity index (χ0) is 12.9. The highest BCUT2D eigenvalue weighted by atomic mass is 32.2. The van der Waals surface area contributed by atoms with Crippen molar-refractivity contribution in [3.05, 3.63) is 23.8 Å². The molecule has 1 saturated carbocycles. The van der Waals surface area contributed by atoms with E-state index in [1.165, 1.54) is 11.8 Å². The molecular weight excluding hydrogens is 248 g/mol. The number of fused-ring (bicyclic) bond motifs is 1. The number of rotatable bonds is 2. The van der Waals surface area contributed by atoms with Crippen LogP contribution in [-0.2, 0) is 4.79 Å². The average molecular weight is 262 g/mol. The Morgan fingerprint density at radius 1 is 1.50 bits per heavy atom. The Kier molecular flexibility index (Phi) is 2.50. The van der Waals surface area contributed by atoms with Gasteiger partial charge in [0.15, 0.2) is 5.78 Å². The topological polar surface area (TPSA) is 72.2 Å². The molecule has 1 atom stereocenters. The van der Waals surface area contributed by atoms with Gasteiger partial charge in [-0.1, -0.05) is 6.07 Å². The number of carbonyl (C=O) groups is 2. The number of anilines is 1. The molecule has 0 spiro atoms. The van der Waals surface area contributed by atoms with E-state index in [-0.39, 0.29) is 16.9 Å². The van der Waals surface area contributed by atoms with Crippen LogP contribution in [-0.4, -0.2) is 22.5 Å². The highest BCUT2D eigenvalue weighted by molar-refractivity contribution is 8.00. The van der Waals surface area contributed by atoms with Crippen LogP contribution in [0, 0.1) is 0 Å². The van der Waals surface area contributed by atoms with Crippen molar-refractivity contribution >= 4 is 29.1 Å². The second-order valence-corrected chi connectivity index (χ2v) is 6.33. The summed E-state index contributed by atoms with van der Waals surface area (Å²) in [5, 5.41) is 2.73. The SMILES string of the molecule is CC1Sc2ccc(C(=O)C3(N)CC3)cc2NC1=O. The third-order valence-electron chi connectivity index (χ3n) is 3.41. The minimum absolute atomic E-state index is 0.0222. The number of nitrogens with two attached hydrogens (primary N) is 1. The van der Waals surface area contributed by atoms with Crippen molar-refractivity contribution in [2.45, 2.75) is 35.4 Å². The van der Waals surface area contributed by atoms with Gasteiger partial charge in [0, 0.05) is 10.5 Å². The van der Waals surface area contributed by atoms with E-state index in [1.54, 1.807) is 12.1 Å². The molecule has 18 heavy (non-hydrogen) atoms. The molecule has 1 unspecified atom stereocenters. The summed E-state index contributed by atoms with van der Waals surface area (Å²) >= 11 is 1.51. The predicted octanol–water partition coefficient (Wildman–Crippen LogP) is 1.79. The minimum Gasteiger partial charge on any atom is -0.324 e. The third-order valence-corrected chi connectivity index (χ3v) is 4.59. The zero-order valence-electron chi connectivity index (χ0n) is 10.0. The molecule has 3 N–H and O–H groups in total. The standard InChI is InChI=1S/C13H14N2O2S/c1-7-12(17)15-9-6-8(2-3-10(9)18-7)11(16)13(14)4-5-13/h2-3,6-7H,4-5,14H2,1H3,(H,15,17). The van der Waals surface area contributed by atoms with E-state index in [9.17, 15) is 9.59 Å². The van der Waals surface area contributed by atoms with Gasteiger partial charge in [0.05, 0.1) is 16.5 Å². The summed E-state index contributed by atoms with van der Waals surface area (Å²) in [7, 11) is 0. The maximum absolute atomic E-state index is 12.1. The van der Waals surface area contributed by atoms with Gasteiger partial charge in [-0.05, 0) is 31.9 Å². The molecule has 1 fully saturated rings. The van der Waals surface area contributed by atoms with Crippen LogP contribution in [0.1, 0.15) is 30.1 Å². The molecule has 2 aliphatic rings. The Balaban J connectivity index is 1.94. The molecule has 94 valence electrons. The van der Waals surface area contributed by atoms with Gasteiger partial charge in [-0.2, -0.15) is 0 Å². The van der Waals surface area contributed by atoms with Gasteiger partial charge in [0.2, 0.25) is 5.91 Å². The summed E-state index contributed by atoms with van der Waals surface area (Å²) in [6.45, 7) is 1.86. The molecule has 0 bridgehead atoms. The number of ketones is 1. The molecule has 1 aliphatic heterocycles. The monoisotopic (exact) mass is 262 g/mol. The lowest BCUT2D eigenvalue weighted by atomic mass is 10.0. The number of hydrogen-bond donors (Lipinski definition) is 2. The van der Waals surface area contributed by atoms with Gasteiger partial charge in [-0.15, -0.1) is 11.8 Å². The number of nitrogens with one attached hydrogen (secondary N) is 1. The molecular formula is C13H14N2O2S. The summed E-state index contributed by atoms with van der Waals surface area (Å²) in [5.74, 6) is -0.0471. The normalized spacial score (nSPS) is 24.1. The van der Waals surface area contributed by atoms with Crippen molar-refractivity contribution in [2.75, 3.05) is 5.32 Å². The van der Waals surface area contributed by atoms with Gasteiger partial charge in [-0.3, -0.25) is 9.59 Å². The van der Waals surface area contributed by atoms with Crippen molar-refractivity contribution in [3.63, 3.8) is 0 Å². The Labute approximate surface area is 109 Å². The fraction of sp³-hybridized carbons (Fsp3) is 0.385. The Hall–Kier alpha value is -1.33. The summed E-state index contributed by atoms with van der Waals surface area (Å²) in [6, 6.07) is 5.42. The number of hydrogen-bond acceptors (Lipinski definition) is 4. The molecule has 0 aromatic heterocycles. The van der Waals surface area contributed by atoms with Crippen molar-refractivity contribution in [3.8, 4) is 0 Å². The first-order valence-electron chi connectivity index (χ1n) is 5.95. The number of amides is 1. The fourth-order valence-electron chi connectivity index (χ4n) is 2.00. The molecule has 1 heterocycles. The van der Waals surface area contributed by atoms with Crippen LogP contribution < -0.4 is 11.1 Å². The molecule has 0 radical (unpaired) electrons. The highest BCUT2D eigenvalue weighted by Crippen LogP contribution is 2.39. The van der Waals surface area contributed by atoms with Crippen molar-refractivity contribution in [1.29, 1.82) is 0 Å². The largest absolute Gasteiger partial charge is 0.324 e. The molecule has 1 aromatic rings. The summed E-state index contributed by atoms with van der Waals surface area (Å²) in [5.41, 5.74) is 6.55. The van der Waals surface area contributed by atoms with Gasteiger partial charge in [-0.25, -0.2) is 0 Å². The molecule has 4 nitrogen and oxygen atoms in total. The van der Waals surface area contributed by atoms with E-state index in [1.807, 2.05) is 13.0 Å². The molecule has 1 aromatic carbocycles. The first kappa shape index (κ1) is 11.7. The second kappa shape index (κ2) is 3.83. The average Bonchev–Trinajstić information content (AvgIpc) is 3.09. The molecule has 1 aliphatic carbocycles. The lowest BCUT2D eigenvalue weighted by Gasteiger charge is -2.22. The molecule has 0 saturated heterocycles. The number of benzene rings is 1. The zero-order valence-corrected chi connectivity index (χ0v) is 10.8. The predicted molar refractivity (Wildman–Crippen MR) is 70.9 cm³/mol. The van der Waals surface area contributed by atoms with Crippen molar-refractivity contribution in [2.24, 2.45) is 5.73 Å². The van der Waals surface area contributed by atoms with Crippen LogP contribution >= 0.6 is 11.8 Å². The van der Waals surface area contributed by atoms with E-state index in [0.717, 1.165) is 23.4 Å².